The molecule has 3 rings (SSSR count). The number of nitrogens with one attached hydrogen (secondary N) is 1. The Kier molecular flexibility index (Phi) is 10.6. The van der Waals surface area contributed by atoms with Crippen LogP contribution in [0.2, 0.25) is 0 Å². The van der Waals surface area contributed by atoms with Crippen molar-refractivity contribution >= 4 is 27.5 Å². The minimum Gasteiger partial charge on any atom is -0.495 e. The zero-order valence-corrected chi connectivity index (χ0v) is 25.8. The van der Waals surface area contributed by atoms with Crippen LogP contribution in [0.5, 0.6) is 5.75 Å². The third-order valence-electron chi connectivity index (χ3n) is 7.13. The first kappa shape index (κ1) is 31.7. The summed E-state index contributed by atoms with van der Waals surface area (Å²) in [7, 11) is -2.73. The smallest absolute Gasteiger partial charge is 0.264 e. The fourth-order valence-electron chi connectivity index (χ4n) is 4.28. The van der Waals surface area contributed by atoms with Gasteiger partial charge in [-0.2, -0.15) is 0 Å². The Bertz CT molecular complexity index is 1450. The van der Waals surface area contributed by atoms with E-state index in [9.17, 15) is 18.0 Å². The topological polar surface area (TPSA) is 96.0 Å². The number of carbonyl (C=O) groups is 2. The number of rotatable bonds is 12. The Balaban J connectivity index is 2.09. The summed E-state index contributed by atoms with van der Waals surface area (Å²) in [5, 5.41) is 2.95. The summed E-state index contributed by atoms with van der Waals surface area (Å²) in [6.45, 7) is 10.8. The van der Waals surface area contributed by atoms with E-state index < -0.39 is 28.5 Å². The number of methoxy groups -OCH3 is 1. The Morgan fingerprint density at radius 2 is 1.44 bits per heavy atom. The molecular formula is C32H41N3O5S. The van der Waals surface area contributed by atoms with E-state index in [0.717, 1.165) is 33.0 Å². The highest BCUT2D eigenvalue weighted by atomic mass is 32.2. The molecule has 1 N–H and O–H groups in total. The molecule has 2 amide bonds. The molecule has 3 aromatic carbocycles. The summed E-state index contributed by atoms with van der Waals surface area (Å²) < 4.78 is 34.8. The van der Waals surface area contributed by atoms with Crippen LogP contribution in [0.1, 0.15) is 49.4 Å². The highest BCUT2D eigenvalue weighted by molar-refractivity contribution is 7.92. The van der Waals surface area contributed by atoms with Crippen molar-refractivity contribution in [3.05, 3.63) is 89.0 Å². The number of anilines is 1. The van der Waals surface area contributed by atoms with Gasteiger partial charge in [0.1, 0.15) is 18.3 Å². The molecule has 220 valence electrons. The zero-order valence-electron chi connectivity index (χ0n) is 25.0. The van der Waals surface area contributed by atoms with Crippen LogP contribution in [0.3, 0.4) is 0 Å². The summed E-state index contributed by atoms with van der Waals surface area (Å²) in [5.41, 5.74) is 3.85. The van der Waals surface area contributed by atoms with E-state index in [1.165, 1.54) is 24.1 Å². The SMILES string of the molecule is CCC(C)NC(=O)C(C)N(Cc1ccc(C)cc1)C(=O)CN(c1cc(C)ccc1OC)S(=O)(=O)c1ccc(C)cc1. The largest absolute Gasteiger partial charge is 0.495 e. The van der Waals surface area contributed by atoms with Crippen molar-refractivity contribution < 1.29 is 22.7 Å². The average molecular weight is 580 g/mol. The van der Waals surface area contributed by atoms with E-state index in [4.69, 9.17) is 4.74 Å². The summed E-state index contributed by atoms with van der Waals surface area (Å²) in [5.74, 6) is -0.510. The number of amides is 2. The van der Waals surface area contributed by atoms with Gasteiger partial charge < -0.3 is 15.0 Å². The number of carbonyl (C=O) groups excluding carboxylic acids is 2. The van der Waals surface area contributed by atoms with Gasteiger partial charge in [0.2, 0.25) is 11.8 Å². The molecule has 0 radical (unpaired) electrons. The van der Waals surface area contributed by atoms with Gasteiger partial charge in [0.25, 0.3) is 10.0 Å². The van der Waals surface area contributed by atoms with Crippen molar-refractivity contribution in [2.24, 2.45) is 0 Å². The standard InChI is InChI=1S/C32H41N3O5S/c1-8-25(5)33-32(37)26(6)34(20-27-14-9-22(2)10-15-27)31(36)21-35(29-19-24(4)13-18-30(29)40-7)41(38,39)28-16-11-23(3)12-17-28/h9-19,25-26H,8,20-21H2,1-7H3,(H,33,37). The van der Waals surface area contributed by atoms with Crippen molar-refractivity contribution in [1.82, 2.24) is 10.2 Å². The molecule has 0 aliphatic heterocycles. The van der Waals surface area contributed by atoms with Crippen LogP contribution in [0.25, 0.3) is 0 Å². The number of ether oxygens (including phenoxy) is 1. The van der Waals surface area contributed by atoms with Crippen LogP contribution < -0.4 is 14.4 Å². The average Bonchev–Trinajstić information content (AvgIpc) is 2.95. The number of benzene rings is 3. The lowest BCUT2D eigenvalue weighted by Crippen LogP contribution is -2.52. The molecule has 8 nitrogen and oxygen atoms in total. The Labute approximate surface area is 244 Å². The van der Waals surface area contributed by atoms with Gasteiger partial charge in [-0.1, -0.05) is 60.5 Å². The maximum absolute atomic E-state index is 14.1. The second-order valence-electron chi connectivity index (χ2n) is 10.5. The number of nitrogens with zero attached hydrogens (tertiary/aromatic N) is 2. The number of sulfonamides is 1. The fraction of sp³-hybridized carbons (Fsp3) is 0.375. The molecule has 41 heavy (non-hydrogen) atoms. The first-order chi connectivity index (χ1) is 19.4. The molecule has 0 heterocycles. The maximum Gasteiger partial charge on any atom is 0.264 e. The van der Waals surface area contributed by atoms with Crippen molar-refractivity contribution in [2.75, 3.05) is 18.0 Å². The second-order valence-corrected chi connectivity index (χ2v) is 12.4. The van der Waals surface area contributed by atoms with E-state index in [-0.39, 0.29) is 29.1 Å². The Hall–Kier alpha value is -3.85. The van der Waals surface area contributed by atoms with Crippen LogP contribution in [0.4, 0.5) is 5.69 Å². The molecule has 0 saturated heterocycles. The van der Waals surface area contributed by atoms with Gasteiger partial charge >= 0.3 is 0 Å². The summed E-state index contributed by atoms with van der Waals surface area (Å²) in [4.78, 5) is 28.8. The van der Waals surface area contributed by atoms with Crippen molar-refractivity contribution in [1.29, 1.82) is 0 Å². The van der Waals surface area contributed by atoms with Crippen LogP contribution in [-0.4, -0.2) is 50.9 Å². The van der Waals surface area contributed by atoms with Gasteiger partial charge in [0, 0.05) is 12.6 Å². The second kappa shape index (κ2) is 13.7. The Morgan fingerprint density at radius 3 is 2.00 bits per heavy atom. The van der Waals surface area contributed by atoms with E-state index in [1.807, 2.05) is 65.0 Å². The van der Waals surface area contributed by atoms with Crippen LogP contribution in [0.15, 0.2) is 71.6 Å². The van der Waals surface area contributed by atoms with Crippen molar-refractivity contribution in [3.8, 4) is 5.75 Å². The first-order valence-corrected chi connectivity index (χ1v) is 15.2. The fourth-order valence-corrected chi connectivity index (χ4v) is 5.70. The van der Waals surface area contributed by atoms with E-state index in [1.54, 1.807) is 31.2 Å². The molecule has 2 unspecified atom stereocenters. The van der Waals surface area contributed by atoms with Crippen molar-refractivity contribution in [3.63, 3.8) is 0 Å². The highest BCUT2D eigenvalue weighted by Gasteiger charge is 2.34. The summed E-state index contributed by atoms with van der Waals surface area (Å²) in [6.07, 6.45) is 0.736. The Morgan fingerprint density at radius 1 is 0.878 bits per heavy atom. The maximum atomic E-state index is 14.1. The molecule has 0 aliphatic rings. The van der Waals surface area contributed by atoms with E-state index >= 15 is 0 Å². The van der Waals surface area contributed by atoms with Crippen LogP contribution >= 0.6 is 0 Å². The lowest BCUT2D eigenvalue weighted by Gasteiger charge is -2.33. The highest BCUT2D eigenvalue weighted by Crippen LogP contribution is 2.34. The third kappa shape index (κ3) is 7.88. The quantitative estimate of drug-likeness (QED) is 0.320. The van der Waals surface area contributed by atoms with Gasteiger partial charge in [-0.15, -0.1) is 0 Å². The predicted molar refractivity (Wildman–Crippen MR) is 163 cm³/mol. The molecule has 0 aromatic heterocycles. The first-order valence-electron chi connectivity index (χ1n) is 13.8. The molecule has 0 fully saturated rings. The molecule has 0 bridgehead atoms. The molecule has 0 spiro atoms. The monoisotopic (exact) mass is 579 g/mol. The zero-order chi connectivity index (χ0) is 30.3. The van der Waals surface area contributed by atoms with E-state index in [2.05, 4.69) is 5.32 Å². The third-order valence-corrected chi connectivity index (χ3v) is 8.91. The van der Waals surface area contributed by atoms with Gasteiger partial charge in [-0.25, -0.2) is 8.42 Å². The van der Waals surface area contributed by atoms with Crippen LogP contribution in [-0.2, 0) is 26.2 Å². The molecular weight excluding hydrogens is 538 g/mol. The van der Waals surface area contributed by atoms with Gasteiger partial charge in [-0.3, -0.25) is 13.9 Å². The van der Waals surface area contributed by atoms with Crippen LogP contribution in [0, 0.1) is 20.8 Å². The lowest BCUT2D eigenvalue weighted by molar-refractivity contribution is -0.139. The van der Waals surface area contributed by atoms with Gasteiger partial charge in [0.15, 0.2) is 0 Å². The summed E-state index contributed by atoms with van der Waals surface area (Å²) >= 11 is 0. The normalized spacial score (nSPS) is 12.8. The predicted octanol–water partition coefficient (Wildman–Crippen LogP) is 5.15. The molecule has 9 heteroatoms. The van der Waals surface area contributed by atoms with Gasteiger partial charge in [0.05, 0.1) is 17.7 Å². The lowest BCUT2D eigenvalue weighted by atomic mass is 10.1. The van der Waals surface area contributed by atoms with Gasteiger partial charge in [-0.05, 0) is 76.4 Å². The minimum absolute atomic E-state index is 0.0482. The number of aryl methyl sites for hydroxylation is 3. The molecule has 3 aromatic rings. The molecule has 0 aliphatic carbocycles. The number of hydrogen-bond donors (Lipinski definition) is 1. The molecule has 0 saturated carbocycles. The minimum atomic E-state index is -4.19. The van der Waals surface area contributed by atoms with E-state index in [0.29, 0.717) is 5.75 Å². The number of hydrogen-bond acceptors (Lipinski definition) is 5. The molecule has 2 atom stereocenters. The summed E-state index contributed by atoms with van der Waals surface area (Å²) in [6, 6.07) is 18.4. The van der Waals surface area contributed by atoms with Crippen molar-refractivity contribution in [2.45, 2.75) is 71.5 Å².